The number of aliphatic hydroxyl groups is 1. The number of rotatable bonds is 5. The first-order valence-electron chi connectivity index (χ1n) is 13.0. The highest BCUT2D eigenvalue weighted by Gasteiger charge is 2.61. The molecule has 0 radical (unpaired) electrons. The molecule has 0 aromatic heterocycles. The summed E-state index contributed by atoms with van der Waals surface area (Å²) in [6, 6.07) is 0. The minimum absolute atomic E-state index is 0.123. The molecule has 0 spiro atoms. The van der Waals surface area contributed by atoms with Crippen molar-refractivity contribution in [1.29, 1.82) is 0 Å². The number of hydrogen-bond acceptors (Lipinski definition) is 5. The Labute approximate surface area is 196 Å². The van der Waals surface area contributed by atoms with E-state index in [0.717, 1.165) is 44.9 Å². The van der Waals surface area contributed by atoms with Crippen LogP contribution in [0.3, 0.4) is 0 Å². The van der Waals surface area contributed by atoms with Crippen LogP contribution in [-0.2, 0) is 14.6 Å². The standard InChI is InChI=1S/C19H32O5S.C6H15N/c1-18-9-7-13(20)11-12(18)3-4-14-15-5-6-17(24-25(21,22)23)19(15,2)10-8-16(14)18;1-4-7(5-2)6-3/h12-17,20H,3-11H2,1-2H3,(H,21,22,23);4-6H2,1-3H3/t12-,13+,14-,15-,16-,17-,18-,19-;/m0./s1. The fourth-order valence-corrected chi connectivity index (χ4v) is 8.77. The Morgan fingerprint density at radius 1 is 0.875 bits per heavy atom. The van der Waals surface area contributed by atoms with E-state index < -0.39 is 10.4 Å². The van der Waals surface area contributed by atoms with E-state index in [9.17, 15) is 13.5 Å². The van der Waals surface area contributed by atoms with Crippen LogP contribution >= 0.6 is 0 Å². The first-order chi connectivity index (χ1) is 15.0. The van der Waals surface area contributed by atoms with Crippen molar-refractivity contribution in [3.63, 3.8) is 0 Å². The summed E-state index contributed by atoms with van der Waals surface area (Å²) in [7, 11) is -4.39. The van der Waals surface area contributed by atoms with Crippen LogP contribution in [0.4, 0.5) is 0 Å². The Morgan fingerprint density at radius 3 is 2.03 bits per heavy atom. The summed E-state index contributed by atoms with van der Waals surface area (Å²) in [5.41, 5.74) is 0.180. The lowest BCUT2D eigenvalue weighted by Crippen LogP contribution is -2.54. The maximum atomic E-state index is 11.3. The summed E-state index contributed by atoms with van der Waals surface area (Å²) in [6.07, 6.45) is 8.69. The van der Waals surface area contributed by atoms with Crippen molar-refractivity contribution in [1.82, 2.24) is 4.90 Å². The van der Waals surface area contributed by atoms with Gasteiger partial charge in [0, 0.05) is 0 Å². The van der Waals surface area contributed by atoms with Crippen molar-refractivity contribution in [2.75, 3.05) is 19.6 Å². The van der Waals surface area contributed by atoms with Crippen molar-refractivity contribution in [3.05, 3.63) is 0 Å². The van der Waals surface area contributed by atoms with E-state index in [1.54, 1.807) is 0 Å². The van der Waals surface area contributed by atoms with Gasteiger partial charge in [0.15, 0.2) is 0 Å². The summed E-state index contributed by atoms with van der Waals surface area (Å²) >= 11 is 0. The van der Waals surface area contributed by atoms with Crippen LogP contribution in [0, 0.1) is 34.5 Å². The molecule has 32 heavy (non-hydrogen) atoms. The van der Waals surface area contributed by atoms with Gasteiger partial charge in [-0.2, -0.15) is 8.42 Å². The molecule has 0 aromatic rings. The van der Waals surface area contributed by atoms with Crippen LogP contribution in [0.1, 0.15) is 92.4 Å². The molecule has 0 saturated heterocycles. The first-order valence-corrected chi connectivity index (χ1v) is 14.4. The van der Waals surface area contributed by atoms with Gasteiger partial charge in [0.1, 0.15) is 0 Å². The minimum Gasteiger partial charge on any atom is -0.393 e. The summed E-state index contributed by atoms with van der Waals surface area (Å²) in [6.45, 7) is 14.7. The molecule has 188 valence electrons. The molecule has 4 aliphatic rings. The molecule has 0 aliphatic heterocycles. The molecule has 4 aliphatic carbocycles. The highest BCUT2D eigenvalue weighted by molar-refractivity contribution is 7.80. The average Bonchev–Trinajstić information content (AvgIpc) is 3.05. The van der Waals surface area contributed by atoms with E-state index in [0.29, 0.717) is 29.1 Å². The molecule has 8 atom stereocenters. The second-order valence-electron chi connectivity index (χ2n) is 11.3. The van der Waals surface area contributed by atoms with Crippen LogP contribution in [-0.4, -0.2) is 54.8 Å². The third-order valence-corrected chi connectivity index (χ3v) is 10.6. The molecule has 0 bridgehead atoms. The van der Waals surface area contributed by atoms with Crippen molar-refractivity contribution in [3.8, 4) is 0 Å². The minimum atomic E-state index is -4.39. The second-order valence-corrected chi connectivity index (χ2v) is 12.4. The predicted molar refractivity (Wildman–Crippen MR) is 128 cm³/mol. The van der Waals surface area contributed by atoms with Gasteiger partial charge in [-0.05, 0) is 112 Å². The van der Waals surface area contributed by atoms with Gasteiger partial charge in [-0.25, -0.2) is 4.18 Å². The summed E-state index contributed by atoms with van der Waals surface area (Å²) in [5, 5.41) is 10.1. The molecular formula is C25H47NO5S. The maximum absolute atomic E-state index is 11.3. The van der Waals surface area contributed by atoms with Crippen molar-refractivity contribution < 1.29 is 22.3 Å². The van der Waals surface area contributed by atoms with Gasteiger partial charge >= 0.3 is 10.4 Å². The maximum Gasteiger partial charge on any atom is 0.397 e. The lowest BCUT2D eigenvalue weighted by atomic mass is 9.45. The van der Waals surface area contributed by atoms with Crippen LogP contribution in [0.25, 0.3) is 0 Å². The van der Waals surface area contributed by atoms with Crippen LogP contribution in [0.15, 0.2) is 0 Å². The Balaban J connectivity index is 0.000000360. The second kappa shape index (κ2) is 10.2. The molecule has 0 aromatic carbocycles. The van der Waals surface area contributed by atoms with Crippen LogP contribution in [0.2, 0.25) is 0 Å². The summed E-state index contributed by atoms with van der Waals surface area (Å²) in [5.74, 6) is 2.43. The predicted octanol–water partition coefficient (Wildman–Crippen LogP) is 4.93. The topological polar surface area (TPSA) is 87.1 Å². The van der Waals surface area contributed by atoms with Gasteiger partial charge in [-0.15, -0.1) is 0 Å². The third kappa shape index (κ3) is 5.22. The van der Waals surface area contributed by atoms with Gasteiger partial charge in [-0.1, -0.05) is 34.6 Å². The highest BCUT2D eigenvalue weighted by Crippen LogP contribution is 2.66. The number of fused-ring (bicyclic) bond motifs is 5. The lowest BCUT2D eigenvalue weighted by Gasteiger charge is -2.60. The quantitative estimate of drug-likeness (QED) is 0.551. The molecule has 7 heteroatoms. The molecule has 0 unspecified atom stereocenters. The number of aliphatic hydroxyl groups excluding tert-OH is 1. The smallest absolute Gasteiger partial charge is 0.393 e. The molecule has 4 saturated carbocycles. The number of nitrogens with zero attached hydrogens (tertiary/aromatic N) is 1. The van der Waals surface area contributed by atoms with Gasteiger partial charge < -0.3 is 10.0 Å². The van der Waals surface area contributed by atoms with Crippen LogP contribution in [0.5, 0.6) is 0 Å². The SMILES string of the molecule is CCN(CC)CC.C[C@]12CC[C@@H](O)C[C@@H]1CC[C@@H]1[C@@H]2CC[C@]2(C)[C@@H](OS(=O)(=O)O)CC[C@@H]12. The monoisotopic (exact) mass is 473 g/mol. The highest BCUT2D eigenvalue weighted by atomic mass is 32.3. The Morgan fingerprint density at radius 2 is 1.47 bits per heavy atom. The zero-order valence-electron chi connectivity index (χ0n) is 20.9. The van der Waals surface area contributed by atoms with E-state index in [2.05, 4.69) is 39.5 Å². The fourth-order valence-electron chi connectivity index (χ4n) is 8.16. The van der Waals surface area contributed by atoms with Crippen molar-refractivity contribution in [2.24, 2.45) is 34.5 Å². The van der Waals surface area contributed by atoms with Gasteiger partial charge in [0.25, 0.3) is 0 Å². The third-order valence-electron chi connectivity index (χ3n) is 10.1. The summed E-state index contributed by atoms with van der Waals surface area (Å²) in [4.78, 5) is 2.38. The molecule has 4 fully saturated rings. The summed E-state index contributed by atoms with van der Waals surface area (Å²) < 4.78 is 36.8. The van der Waals surface area contributed by atoms with E-state index in [4.69, 9.17) is 8.74 Å². The fraction of sp³-hybridized carbons (Fsp3) is 1.00. The zero-order valence-corrected chi connectivity index (χ0v) is 21.7. The van der Waals surface area contributed by atoms with E-state index in [1.807, 2.05) is 0 Å². The Hall–Kier alpha value is -0.210. The van der Waals surface area contributed by atoms with E-state index in [-0.39, 0.29) is 17.6 Å². The number of hydrogen-bond donors (Lipinski definition) is 2. The molecule has 2 N–H and O–H groups in total. The normalized spacial score (nSPS) is 43.6. The van der Waals surface area contributed by atoms with E-state index >= 15 is 0 Å². The van der Waals surface area contributed by atoms with E-state index in [1.165, 1.54) is 32.5 Å². The largest absolute Gasteiger partial charge is 0.397 e. The van der Waals surface area contributed by atoms with Gasteiger partial charge in [0.05, 0.1) is 12.2 Å². The molecular weight excluding hydrogens is 426 g/mol. The molecule has 0 heterocycles. The average molecular weight is 474 g/mol. The molecule has 0 amide bonds. The first kappa shape index (κ1) is 26.4. The molecule has 4 rings (SSSR count). The van der Waals surface area contributed by atoms with Gasteiger partial charge in [-0.3, -0.25) is 4.55 Å². The van der Waals surface area contributed by atoms with Crippen molar-refractivity contribution in [2.45, 2.75) is 105 Å². The van der Waals surface area contributed by atoms with Gasteiger partial charge in [0.2, 0.25) is 0 Å². The van der Waals surface area contributed by atoms with Crippen LogP contribution < -0.4 is 0 Å². The Kier molecular flexibility index (Phi) is 8.40. The lowest BCUT2D eigenvalue weighted by molar-refractivity contribution is -0.131. The van der Waals surface area contributed by atoms with Crippen molar-refractivity contribution >= 4 is 10.4 Å². The zero-order chi connectivity index (χ0) is 23.7. The molecule has 6 nitrogen and oxygen atoms in total. The Bertz CT molecular complexity index is 720.